The zero-order valence-electron chi connectivity index (χ0n) is 9.67. The van der Waals surface area contributed by atoms with E-state index in [1.54, 1.807) is 0 Å². The number of piperidine rings is 1. The van der Waals surface area contributed by atoms with Crippen LogP contribution in [0.2, 0.25) is 0 Å². The SMILES string of the molecule is O=C1CCN(Cc2cn3ccccc3n2)CC1. The summed E-state index contributed by atoms with van der Waals surface area (Å²) in [5.41, 5.74) is 2.06. The van der Waals surface area contributed by atoms with Crippen molar-refractivity contribution in [2.75, 3.05) is 13.1 Å². The van der Waals surface area contributed by atoms with Crippen LogP contribution in [0.4, 0.5) is 0 Å². The van der Waals surface area contributed by atoms with Crippen LogP contribution in [-0.2, 0) is 11.3 Å². The van der Waals surface area contributed by atoms with Crippen molar-refractivity contribution in [1.82, 2.24) is 14.3 Å². The van der Waals surface area contributed by atoms with Crippen LogP contribution in [0, 0.1) is 0 Å². The van der Waals surface area contributed by atoms with Crippen LogP contribution < -0.4 is 0 Å². The Balaban J connectivity index is 1.74. The highest BCUT2D eigenvalue weighted by atomic mass is 16.1. The van der Waals surface area contributed by atoms with Gasteiger partial charge in [0, 0.05) is 44.9 Å². The van der Waals surface area contributed by atoms with Gasteiger partial charge in [-0.25, -0.2) is 4.98 Å². The molecule has 0 radical (unpaired) electrons. The molecular weight excluding hydrogens is 214 g/mol. The number of pyridine rings is 1. The van der Waals surface area contributed by atoms with Gasteiger partial charge in [-0.05, 0) is 12.1 Å². The first-order valence-electron chi connectivity index (χ1n) is 5.98. The van der Waals surface area contributed by atoms with Crippen molar-refractivity contribution in [3.05, 3.63) is 36.3 Å². The van der Waals surface area contributed by atoms with E-state index in [4.69, 9.17) is 0 Å². The second-order valence-corrected chi connectivity index (χ2v) is 4.51. The van der Waals surface area contributed by atoms with Crippen molar-refractivity contribution in [2.45, 2.75) is 19.4 Å². The predicted molar refractivity (Wildman–Crippen MR) is 64.7 cm³/mol. The molecule has 2 aromatic heterocycles. The zero-order valence-corrected chi connectivity index (χ0v) is 9.67. The Kier molecular flexibility index (Phi) is 2.65. The molecule has 0 unspecified atom stereocenters. The molecule has 0 saturated carbocycles. The van der Waals surface area contributed by atoms with Gasteiger partial charge >= 0.3 is 0 Å². The van der Waals surface area contributed by atoms with E-state index in [-0.39, 0.29) is 0 Å². The third-order valence-electron chi connectivity index (χ3n) is 3.21. The molecule has 0 atom stereocenters. The Morgan fingerprint density at radius 3 is 2.82 bits per heavy atom. The molecule has 4 heteroatoms. The lowest BCUT2D eigenvalue weighted by Crippen LogP contribution is -2.33. The van der Waals surface area contributed by atoms with Gasteiger partial charge in [-0.2, -0.15) is 0 Å². The fourth-order valence-corrected chi connectivity index (χ4v) is 2.25. The van der Waals surface area contributed by atoms with Crippen molar-refractivity contribution in [2.24, 2.45) is 0 Å². The molecule has 0 N–H and O–H groups in total. The lowest BCUT2D eigenvalue weighted by atomic mass is 10.1. The largest absolute Gasteiger partial charge is 0.307 e. The van der Waals surface area contributed by atoms with Crippen molar-refractivity contribution >= 4 is 11.4 Å². The van der Waals surface area contributed by atoms with E-state index in [1.807, 2.05) is 28.8 Å². The number of carbonyl (C=O) groups is 1. The number of carbonyl (C=O) groups excluding carboxylic acids is 1. The fraction of sp³-hybridized carbons (Fsp3) is 0.385. The third kappa shape index (κ3) is 2.22. The smallest absolute Gasteiger partial charge is 0.137 e. The van der Waals surface area contributed by atoms with Gasteiger partial charge in [-0.1, -0.05) is 6.07 Å². The van der Waals surface area contributed by atoms with Crippen molar-refractivity contribution < 1.29 is 4.79 Å². The Morgan fingerprint density at radius 1 is 1.24 bits per heavy atom. The molecule has 1 saturated heterocycles. The Labute approximate surface area is 99.9 Å². The highest BCUT2D eigenvalue weighted by molar-refractivity contribution is 5.79. The van der Waals surface area contributed by atoms with E-state index < -0.39 is 0 Å². The number of Topliss-reactive ketones (excluding diaryl/α,β-unsaturated/α-hetero) is 1. The highest BCUT2D eigenvalue weighted by Crippen LogP contribution is 2.11. The zero-order chi connectivity index (χ0) is 11.7. The van der Waals surface area contributed by atoms with Crippen LogP contribution in [0.1, 0.15) is 18.5 Å². The minimum Gasteiger partial charge on any atom is -0.307 e. The third-order valence-corrected chi connectivity index (χ3v) is 3.21. The van der Waals surface area contributed by atoms with E-state index in [0.717, 1.165) is 31.0 Å². The number of hydrogen-bond donors (Lipinski definition) is 0. The molecule has 4 nitrogen and oxygen atoms in total. The average molecular weight is 229 g/mol. The number of imidazole rings is 1. The van der Waals surface area contributed by atoms with Crippen LogP contribution in [0.25, 0.3) is 5.65 Å². The molecule has 17 heavy (non-hydrogen) atoms. The summed E-state index contributed by atoms with van der Waals surface area (Å²) in [6.07, 6.45) is 5.44. The summed E-state index contributed by atoms with van der Waals surface area (Å²) in [5, 5.41) is 0. The Hall–Kier alpha value is -1.68. The fourth-order valence-electron chi connectivity index (χ4n) is 2.25. The molecule has 2 aromatic rings. The molecule has 0 amide bonds. The molecule has 0 aromatic carbocycles. The number of likely N-dealkylation sites (tertiary alicyclic amines) is 1. The molecule has 1 aliphatic rings. The monoisotopic (exact) mass is 229 g/mol. The summed E-state index contributed by atoms with van der Waals surface area (Å²) in [5.74, 6) is 0.385. The quantitative estimate of drug-likeness (QED) is 0.783. The van der Waals surface area contributed by atoms with Crippen molar-refractivity contribution in [1.29, 1.82) is 0 Å². The molecule has 0 aliphatic carbocycles. The van der Waals surface area contributed by atoms with E-state index in [1.165, 1.54) is 0 Å². The van der Waals surface area contributed by atoms with Crippen LogP contribution in [0.15, 0.2) is 30.6 Å². The van der Waals surface area contributed by atoms with Gasteiger partial charge in [0.1, 0.15) is 11.4 Å². The van der Waals surface area contributed by atoms with Gasteiger partial charge in [-0.3, -0.25) is 9.69 Å². The van der Waals surface area contributed by atoms with E-state index >= 15 is 0 Å². The average Bonchev–Trinajstić information content (AvgIpc) is 2.74. The van der Waals surface area contributed by atoms with Gasteiger partial charge in [0.25, 0.3) is 0 Å². The molecule has 1 fully saturated rings. The van der Waals surface area contributed by atoms with Crippen LogP contribution in [0.5, 0.6) is 0 Å². The summed E-state index contributed by atoms with van der Waals surface area (Å²) >= 11 is 0. The second kappa shape index (κ2) is 4.30. The normalized spacial score (nSPS) is 17.8. The second-order valence-electron chi connectivity index (χ2n) is 4.51. The first-order chi connectivity index (χ1) is 8.31. The van der Waals surface area contributed by atoms with Crippen molar-refractivity contribution in [3.63, 3.8) is 0 Å². The maximum Gasteiger partial charge on any atom is 0.137 e. The maximum atomic E-state index is 11.2. The lowest BCUT2D eigenvalue weighted by molar-refractivity contribution is -0.121. The molecule has 0 bridgehead atoms. The van der Waals surface area contributed by atoms with Gasteiger partial charge in [0.15, 0.2) is 0 Å². The van der Waals surface area contributed by atoms with E-state index in [9.17, 15) is 4.79 Å². The Bertz CT molecular complexity index is 503. The number of fused-ring (bicyclic) bond motifs is 1. The molecule has 88 valence electrons. The van der Waals surface area contributed by atoms with Crippen LogP contribution >= 0.6 is 0 Å². The minimum atomic E-state index is 0.385. The van der Waals surface area contributed by atoms with Gasteiger partial charge in [0.05, 0.1) is 5.69 Å². The minimum absolute atomic E-state index is 0.385. The summed E-state index contributed by atoms with van der Waals surface area (Å²) < 4.78 is 2.03. The topological polar surface area (TPSA) is 37.6 Å². The summed E-state index contributed by atoms with van der Waals surface area (Å²) in [4.78, 5) is 18.0. The summed E-state index contributed by atoms with van der Waals surface area (Å²) in [6, 6.07) is 5.99. The van der Waals surface area contributed by atoms with Gasteiger partial charge < -0.3 is 4.40 Å². The maximum absolute atomic E-state index is 11.2. The first-order valence-corrected chi connectivity index (χ1v) is 5.98. The molecular formula is C13H15N3O. The van der Waals surface area contributed by atoms with Gasteiger partial charge in [0.2, 0.25) is 0 Å². The number of aromatic nitrogens is 2. The van der Waals surface area contributed by atoms with Crippen LogP contribution in [0.3, 0.4) is 0 Å². The van der Waals surface area contributed by atoms with Gasteiger partial charge in [-0.15, -0.1) is 0 Å². The first kappa shape index (κ1) is 10.5. The number of rotatable bonds is 2. The summed E-state index contributed by atoms with van der Waals surface area (Å²) in [7, 11) is 0. The van der Waals surface area contributed by atoms with Crippen LogP contribution in [-0.4, -0.2) is 33.2 Å². The van der Waals surface area contributed by atoms with Crippen molar-refractivity contribution in [3.8, 4) is 0 Å². The molecule has 3 heterocycles. The molecule has 1 aliphatic heterocycles. The molecule has 0 spiro atoms. The summed E-state index contributed by atoms with van der Waals surface area (Å²) in [6.45, 7) is 2.58. The van der Waals surface area contributed by atoms with E-state index in [0.29, 0.717) is 18.6 Å². The lowest BCUT2D eigenvalue weighted by Gasteiger charge is -2.24. The highest BCUT2D eigenvalue weighted by Gasteiger charge is 2.16. The molecule has 3 rings (SSSR count). The number of hydrogen-bond acceptors (Lipinski definition) is 3. The Morgan fingerprint density at radius 2 is 2.06 bits per heavy atom. The number of ketones is 1. The van der Waals surface area contributed by atoms with E-state index in [2.05, 4.69) is 16.1 Å². The standard InChI is InChI=1S/C13H15N3O/c17-12-4-7-15(8-5-12)9-11-10-16-6-2-1-3-13(16)14-11/h1-3,6,10H,4-5,7-9H2. The number of nitrogens with zero attached hydrogens (tertiary/aromatic N) is 3. The predicted octanol–water partition coefficient (Wildman–Crippen LogP) is 1.50.